The fraction of sp³-hybridized carbons (Fsp3) is 0.350. The Morgan fingerprint density at radius 1 is 1.00 bits per heavy atom. The van der Waals surface area contributed by atoms with Gasteiger partial charge in [0, 0.05) is 10.4 Å². The van der Waals surface area contributed by atoms with Crippen molar-refractivity contribution in [2.24, 2.45) is 5.41 Å². The van der Waals surface area contributed by atoms with Crippen LogP contribution in [0.2, 0.25) is 5.02 Å². The fourth-order valence-electron chi connectivity index (χ4n) is 3.03. The van der Waals surface area contributed by atoms with E-state index < -0.39 is 27.5 Å². The fourth-order valence-corrected chi connectivity index (χ4v) is 4.88. The maximum absolute atomic E-state index is 13.1. The smallest absolute Gasteiger partial charge is 0.244 e. The number of hydrogen-bond acceptors (Lipinski definition) is 3. The highest BCUT2D eigenvalue weighted by molar-refractivity contribution is 7.89. The molecule has 0 radical (unpaired) electrons. The summed E-state index contributed by atoms with van der Waals surface area (Å²) in [5.41, 5.74) is 1.12. The van der Waals surface area contributed by atoms with E-state index in [0.29, 0.717) is 5.02 Å². The van der Waals surface area contributed by atoms with Crippen molar-refractivity contribution in [2.45, 2.75) is 44.7 Å². The Morgan fingerprint density at radius 3 is 2.04 bits per heavy atom. The van der Waals surface area contributed by atoms with Crippen molar-refractivity contribution in [3.63, 3.8) is 0 Å². The number of Topliss-reactive ketones (excluding diaryl/α,β-unsaturated/α-hetero) is 1. The number of rotatable bonds is 4. The second-order valence-corrected chi connectivity index (χ2v) is 9.98. The Bertz CT molecular complexity index is 929. The third-order valence-corrected chi connectivity index (χ3v) is 6.70. The molecule has 1 saturated heterocycles. The number of carbonyl (C=O) groups is 1. The average molecular weight is 392 g/mol. The summed E-state index contributed by atoms with van der Waals surface area (Å²) >= 11 is 5.95. The van der Waals surface area contributed by atoms with Gasteiger partial charge in [-0.05, 0) is 36.8 Å². The molecular weight excluding hydrogens is 370 g/mol. The van der Waals surface area contributed by atoms with E-state index in [9.17, 15) is 13.2 Å². The first-order valence-corrected chi connectivity index (χ1v) is 10.3. The van der Waals surface area contributed by atoms with E-state index in [1.807, 2.05) is 27.7 Å². The minimum atomic E-state index is -3.76. The molecule has 1 aliphatic heterocycles. The third kappa shape index (κ3) is 3.43. The van der Waals surface area contributed by atoms with Gasteiger partial charge in [-0.1, -0.05) is 62.2 Å². The Kier molecular flexibility index (Phi) is 4.76. The second kappa shape index (κ2) is 6.48. The van der Waals surface area contributed by atoms with Gasteiger partial charge in [0.2, 0.25) is 10.0 Å². The number of nitrogens with zero attached hydrogens (tertiary/aromatic N) is 1. The summed E-state index contributed by atoms with van der Waals surface area (Å²) < 4.78 is 27.6. The van der Waals surface area contributed by atoms with Crippen molar-refractivity contribution < 1.29 is 13.2 Å². The molecule has 0 spiro atoms. The molecule has 6 heteroatoms. The van der Waals surface area contributed by atoms with Crippen LogP contribution in [-0.2, 0) is 14.8 Å². The summed E-state index contributed by atoms with van der Waals surface area (Å²) in [4.78, 5) is 13.1. The standard InChI is InChI=1S/C20H22ClNO3S/c1-13-5-11-16(12-6-13)26(24,25)22-17(14-7-9-15(21)10-8-14)18(22)19(23)20(2,3)4/h5-12,17-18H,1-4H3/t17-,18-,22?/m1/s1. The molecule has 2 aromatic carbocycles. The number of benzene rings is 2. The lowest BCUT2D eigenvalue weighted by Gasteiger charge is -2.16. The van der Waals surface area contributed by atoms with Crippen molar-refractivity contribution in [3.8, 4) is 0 Å². The first kappa shape index (κ1) is 19.1. The monoisotopic (exact) mass is 391 g/mol. The predicted octanol–water partition coefficient (Wildman–Crippen LogP) is 4.38. The maximum atomic E-state index is 13.1. The molecular formula is C20H22ClNO3S. The van der Waals surface area contributed by atoms with E-state index in [2.05, 4.69) is 0 Å². The van der Waals surface area contributed by atoms with Crippen molar-refractivity contribution in [1.82, 2.24) is 4.31 Å². The second-order valence-electron chi connectivity index (χ2n) is 7.70. The first-order valence-electron chi connectivity index (χ1n) is 8.43. The van der Waals surface area contributed by atoms with Gasteiger partial charge in [-0.15, -0.1) is 0 Å². The van der Waals surface area contributed by atoms with Crippen LogP contribution in [0.25, 0.3) is 0 Å². The lowest BCUT2D eigenvalue weighted by molar-refractivity contribution is -0.126. The molecule has 1 heterocycles. The molecule has 0 N–H and O–H groups in total. The normalized spacial score (nSPS) is 22.9. The molecule has 0 aliphatic carbocycles. The summed E-state index contributed by atoms with van der Waals surface area (Å²) in [6, 6.07) is 12.5. The lowest BCUT2D eigenvalue weighted by Crippen LogP contribution is -2.29. The first-order chi connectivity index (χ1) is 12.0. The Hall–Kier alpha value is -1.69. The van der Waals surface area contributed by atoms with Crippen LogP contribution < -0.4 is 0 Å². The summed E-state index contributed by atoms with van der Waals surface area (Å²) in [6.07, 6.45) is 0. The van der Waals surface area contributed by atoms with E-state index >= 15 is 0 Å². The van der Waals surface area contributed by atoms with E-state index in [1.54, 1.807) is 48.5 Å². The Morgan fingerprint density at radius 2 is 1.54 bits per heavy atom. The van der Waals surface area contributed by atoms with Gasteiger partial charge in [0.1, 0.15) is 6.04 Å². The Labute approximate surface area is 159 Å². The van der Waals surface area contributed by atoms with E-state index in [1.165, 1.54) is 4.31 Å². The minimum absolute atomic E-state index is 0.0897. The summed E-state index contributed by atoms with van der Waals surface area (Å²) in [7, 11) is -3.76. The van der Waals surface area contributed by atoms with Crippen molar-refractivity contribution >= 4 is 27.4 Å². The molecule has 0 saturated carbocycles. The van der Waals surface area contributed by atoms with Crippen LogP contribution in [-0.4, -0.2) is 24.5 Å². The van der Waals surface area contributed by atoms with Gasteiger partial charge in [0.15, 0.2) is 5.78 Å². The molecule has 3 rings (SSSR count). The zero-order chi connectivity index (χ0) is 19.3. The van der Waals surface area contributed by atoms with Crippen LogP contribution >= 0.6 is 11.6 Å². The van der Waals surface area contributed by atoms with Crippen molar-refractivity contribution in [1.29, 1.82) is 0 Å². The Balaban J connectivity index is 2.03. The number of carbonyl (C=O) groups excluding carboxylic acids is 1. The molecule has 1 aliphatic rings. The summed E-state index contributed by atoms with van der Waals surface area (Å²) in [6.45, 7) is 7.33. The minimum Gasteiger partial charge on any atom is -0.297 e. The van der Waals surface area contributed by atoms with Crippen LogP contribution in [0.4, 0.5) is 0 Å². The van der Waals surface area contributed by atoms with E-state index in [-0.39, 0.29) is 10.7 Å². The topological polar surface area (TPSA) is 54.2 Å². The summed E-state index contributed by atoms with van der Waals surface area (Å²) in [5, 5.41) is 0.570. The van der Waals surface area contributed by atoms with Gasteiger partial charge in [0.05, 0.1) is 10.9 Å². The van der Waals surface area contributed by atoms with Crippen molar-refractivity contribution in [2.75, 3.05) is 0 Å². The highest BCUT2D eigenvalue weighted by Gasteiger charge is 2.61. The maximum Gasteiger partial charge on any atom is 0.244 e. The van der Waals surface area contributed by atoms with Gasteiger partial charge in [-0.2, -0.15) is 4.31 Å². The van der Waals surface area contributed by atoms with Crippen LogP contribution in [0.3, 0.4) is 0 Å². The molecule has 0 amide bonds. The quantitative estimate of drug-likeness (QED) is 0.727. The number of aryl methyl sites for hydroxylation is 1. The van der Waals surface area contributed by atoms with Crippen LogP contribution in [0.1, 0.15) is 37.9 Å². The molecule has 0 bridgehead atoms. The number of hydrogen-bond donors (Lipinski definition) is 0. The highest BCUT2D eigenvalue weighted by atomic mass is 35.5. The van der Waals surface area contributed by atoms with Gasteiger partial charge < -0.3 is 0 Å². The van der Waals surface area contributed by atoms with E-state index in [0.717, 1.165) is 11.1 Å². The van der Waals surface area contributed by atoms with Crippen molar-refractivity contribution in [3.05, 3.63) is 64.7 Å². The van der Waals surface area contributed by atoms with E-state index in [4.69, 9.17) is 11.6 Å². The predicted molar refractivity (Wildman–Crippen MR) is 103 cm³/mol. The van der Waals surface area contributed by atoms with Crippen LogP contribution in [0.5, 0.6) is 0 Å². The third-order valence-electron chi connectivity index (χ3n) is 4.57. The molecule has 1 unspecified atom stereocenters. The molecule has 138 valence electrons. The van der Waals surface area contributed by atoms with Gasteiger partial charge >= 0.3 is 0 Å². The number of sulfonamides is 1. The highest BCUT2D eigenvalue weighted by Crippen LogP contribution is 2.50. The van der Waals surface area contributed by atoms with Crippen LogP contribution in [0, 0.1) is 12.3 Å². The summed E-state index contributed by atoms with van der Waals surface area (Å²) in [5.74, 6) is -0.0897. The largest absolute Gasteiger partial charge is 0.297 e. The molecule has 4 nitrogen and oxygen atoms in total. The molecule has 1 fully saturated rings. The SMILES string of the molecule is Cc1ccc(S(=O)(=O)N2[C@H](c3ccc(Cl)cc3)[C@@H]2C(=O)C(C)(C)C)cc1. The lowest BCUT2D eigenvalue weighted by atomic mass is 9.87. The molecule has 0 aromatic heterocycles. The van der Waals surface area contributed by atoms with Crippen LogP contribution in [0.15, 0.2) is 53.4 Å². The van der Waals surface area contributed by atoms with Gasteiger partial charge in [0.25, 0.3) is 0 Å². The number of halogens is 1. The molecule has 2 aromatic rings. The van der Waals surface area contributed by atoms with Gasteiger partial charge in [-0.25, -0.2) is 8.42 Å². The zero-order valence-corrected chi connectivity index (χ0v) is 16.8. The molecule has 3 atom stereocenters. The molecule has 26 heavy (non-hydrogen) atoms. The van der Waals surface area contributed by atoms with Gasteiger partial charge in [-0.3, -0.25) is 4.79 Å². The average Bonchev–Trinajstić information content (AvgIpc) is 3.30. The zero-order valence-electron chi connectivity index (χ0n) is 15.2. The number of ketones is 1.